The summed E-state index contributed by atoms with van der Waals surface area (Å²) < 4.78 is 33.4. The predicted octanol–water partition coefficient (Wildman–Crippen LogP) is 3.83. The van der Waals surface area contributed by atoms with E-state index < -0.39 is 17.6 Å². The average molecular weight is 560 g/mol. The Kier molecular flexibility index (Phi) is 8.38. The average Bonchev–Trinajstić information content (AvgIpc) is 3.09. The van der Waals surface area contributed by atoms with Gasteiger partial charge in [-0.2, -0.15) is 0 Å². The van der Waals surface area contributed by atoms with E-state index in [1.807, 2.05) is 36.4 Å². The van der Waals surface area contributed by atoms with E-state index in [1.165, 1.54) is 0 Å². The van der Waals surface area contributed by atoms with Gasteiger partial charge in [-0.3, -0.25) is 0 Å². The molecule has 1 unspecified atom stereocenters. The molecule has 1 aliphatic rings. The van der Waals surface area contributed by atoms with Crippen molar-refractivity contribution in [2.45, 2.75) is 16.8 Å². The molecule has 1 atom stereocenters. The van der Waals surface area contributed by atoms with Crippen LogP contribution in [0.4, 0.5) is 8.78 Å². The summed E-state index contributed by atoms with van der Waals surface area (Å²) in [6, 6.07) is 26.5. The summed E-state index contributed by atoms with van der Waals surface area (Å²) in [5.41, 5.74) is 5.23. The number of carbonyl (C=O) groups is 1. The van der Waals surface area contributed by atoms with Crippen molar-refractivity contribution in [1.82, 2.24) is 4.98 Å². The molecule has 2 heterocycles. The number of benzene rings is 4. The second kappa shape index (κ2) is 11.9. The minimum Gasteiger partial charge on any atom is -0.545 e. The first-order valence-electron chi connectivity index (χ1n) is 12.2. The van der Waals surface area contributed by atoms with Crippen LogP contribution in [0, 0.1) is 11.6 Å². The fourth-order valence-corrected chi connectivity index (χ4v) is 5.83. The normalized spacial score (nSPS) is 14.1. The number of pyridine rings is 1. The molecule has 40 heavy (non-hydrogen) atoms. The molecule has 0 saturated carbocycles. The summed E-state index contributed by atoms with van der Waals surface area (Å²) in [5, 5.41) is 11.6. The maximum Gasteiger partial charge on any atom is 1.00 e. The van der Waals surface area contributed by atoms with Crippen LogP contribution >= 0.6 is 11.8 Å². The molecule has 4 nitrogen and oxygen atoms in total. The molecule has 0 saturated heterocycles. The maximum atomic E-state index is 13.7. The van der Waals surface area contributed by atoms with Crippen LogP contribution in [0.25, 0.3) is 23.1 Å². The molecule has 192 valence electrons. The number of rotatable bonds is 5. The monoisotopic (exact) mass is 559 g/mol. The molecular formula is C32H20F2NNaO3S. The minimum atomic E-state index is -1.21. The molecule has 0 N–H and O–H groups in total. The van der Waals surface area contributed by atoms with Gasteiger partial charge in [-0.25, -0.2) is 13.8 Å². The van der Waals surface area contributed by atoms with Crippen LogP contribution < -0.4 is 39.4 Å². The fourth-order valence-electron chi connectivity index (χ4n) is 4.59. The van der Waals surface area contributed by atoms with E-state index in [4.69, 9.17) is 4.74 Å². The van der Waals surface area contributed by atoms with Crippen molar-refractivity contribution >= 4 is 40.8 Å². The number of hydrogen-bond donors (Lipinski definition) is 0. The summed E-state index contributed by atoms with van der Waals surface area (Å²) in [5.74, 6) is -2.27. The zero-order chi connectivity index (χ0) is 26.9. The van der Waals surface area contributed by atoms with Crippen molar-refractivity contribution in [2.75, 3.05) is 0 Å². The third-order valence-electron chi connectivity index (χ3n) is 6.58. The predicted molar refractivity (Wildman–Crippen MR) is 146 cm³/mol. The van der Waals surface area contributed by atoms with E-state index >= 15 is 0 Å². The van der Waals surface area contributed by atoms with Crippen LogP contribution in [0.2, 0.25) is 0 Å². The number of ether oxygens (including phenoxy) is 1. The second-order valence-electron chi connectivity index (χ2n) is 9.12. The summed E-state index contributed by atoms with van der Waals surface area (Å²) in [6.07, 6.45) is 3.75. The molecule has 5 aromatic rings. The second-order valence-corrected chi connectivity index (χ2v) is 10.3. The van der Waals surface area contributed by atoms with Gasteiger partial charge in [-0.05, 0) is 64.7 Å². The van der Waals surface area contributed by atoms with Gasteiger partial charge in [-0.1, -0.05) is 54.6 Å². The number of nitrogens with zero attached hydrogens (tertiary/aromatic N) is 1. The number of fused-ring (bicyclic) bond motifs is 3. The number of carboxylic acids is 1. The number of aromatic nitrogens is 1. The molecule has 0 fully saturated rings. The quantitative estimate of drug-likeness (QED) is 0.307. The van der Waals surface area contributed by atoms with Crippen molar-refractivity contribution in [3.63, 3.8) is 0 Å². The van der Waals surface area contributed by atoms with Crippen LogP contribution in [-0.2, 0) is 6.61 Å². The molecule has 0 radical (unpaired) electrons. The Morgan fingerprint density at radius 3 is 2.48 bits per heavy atom. The summed E-state index contributed by atoms with van der Waals surface area (Å²) in [4.78, 5) is 16.6. The standard InChI is InChI=1S/C32H21F2NO3S.Na/c33-27-16-21-7-11-23(35-29(21)17-28(27)34)10-5-19-6-14-30-26(15-19)31(25-4-2-1-3-22(25)18-38-30)39-24-12-8-20(9-13-24)32(36)37;/h1-17,31H,18H2,(H,36,37);/q;+1/p-1. The first-order chi connectivity index (χ1) is 18.9. The van der Waals surface area contributed by atoms with Gasteiger partial charge in [0.1, 0.15) is 12.4 Å². The third-order valence-corrected chi connectivity index (χ3v) is 7.87. The SMILES string of the molecule is O=C([O-])c1ccc(SC2c3ccccc3COc3ccc(C=Cc4ccc5cc(F)c(F)cc5n4)cc32)cc1.[Na+]. The Bertz CT molecular complexity index is 1760. The molecule has 6 rings (SSSR count). The van der Waals surface area contributed by atoms with Crippen molar-refractivity contribution < 1.29 is 53.0 Å². The zero-order valence-electron chi connectivity index (χ0n) is 21.4. The number of thioether (sulfide) groups is 1. The van der Waals surface area contributed by atoms with Crippen molar-refractivity contribution in [2.24, 2.45) is 0 Å². The van der Waals surface area contributed by atoms with Gasteiger partial charge in [-0.15, -0.1) is 11.8 Å². The van der Waals surface area contributed by atoms with E-state index in [2.05, 4.69) is 23.2 Å². The Morgan fingerprint density at radius 2 is 1.68 bits per heavy atom. The topological polar surface area (TPSA) is 62.2 Å². The van der Waals surface area contributed by atoms with Crippen molar-refractivity contribution in [1.29, 1.82) is 0 Å². The van der Waals surface area contributed by atoms with E-state index in [-0.39, 0.29) is 40.4 Å². The van der Waals surface area contributed by atoms with Crippen LogP contribution in [0.3, 0.4) is 0 Å². The third kappa shape index (κ3) is 5.83. The number of halogens is 2. The molecule has 8 heteroatoms. The van der Waals surface area contributed by atoms with Crippen LogP contribution in [0.5, 0.6) is 5.75 Å². The summed E-state index contributed by atoms with van der Waals surface area (Å²) >= 11 is 1.61. The Hall–Kier alpha value is -3.49. The number of hydrogen-bond acceptors (Lipinski definition) is 5. The van der Waals surface area contributed by atoms with Crippen molar-refractivity contribution in [3.8, 4) is 5.75 Å². The molecule has 0 bridgehead atoms. The van der Waals surface area contributed by atoms with Crippen molar-refractivity contribution in [3.05, 3.63) is 136 Å². The van der Waals surface area contributed by atoms with Gasteiger partial charge in [0.05, 0.1) is 22.4 Å². The minimum absolute atomic E-state index is 0. The molecule has 4 aromatic carbocycles. The van der Waals surface area contributed by atoms with E-state index in [0.29, 0.717) is 23.2 Å². The van der Waals surface area contributed by atoms with Gasteiger partial charge in [0.2, 0.25) is 0 Å². The van der Waals surface area contributed by atoms with Crippen LogP contribution in [0.1, 0.15) is 43.6 Å². The molecule has 0 amide bonds. The molecule has 0 spiro atoms. The first kappa shape index (κ1) is 28.1. The molecule has 0 aliphatic carbocycles. The van der Waals surface area contributed by atoms with Gasteiger partial charge in [0.15, 0.2) is 11.6 Å². The smallest absolute Gasteiger partial charge is 0.545 e. The van der Waals surface area contributed by atoms with Crippen LogP contribution in [-0.4, -0.2) is 11.0 Å². The molecular weight excluding hydrogens is 539 g/mol. The van der Waals surface area contributed by atoms with Gasteiger partial charge in [0, 0.05) is 21.9 Å². The maximum absolute atomic E-state index is 13.7. The first-order valence-corrected chi connectivity index (χ1v) is 13.1. The van der Waals surface area contributed by atoms with E-state index in [1.54, 1.807) is 48.2 Å². The summed E-state index contributed by atoms with van der Waals surface area (Å²) in [7, 11) is 0. The molecule has 1 aliphatic heterocycles. The Morgan fingerprint density at radius 1 is 0.900 bits per heavy atom. The number of carbonyl (C=O) groups excluding carboxylic acids is 1. The van der Waals surface area contributed by atoms with Gasteiger partial charge in [0.25, 0.3) is 0 Å². The largest absolute Gasteiger partial charge is 1.00 e. The van der Waals surface area contributed by atoms with E-state index in [0.717, 1.165) is 45.0 Å². The fraction of sp³-hybridized carbons (Fsp3) is 0.0625. The Labute approximate surface area is 256 Å². The Balaban J connectivity index is 0.00000323. The van der Waals surface area contributed by atoms with E-state index in [9.17, 15) is 18.7 Å². The zero-order valence-corrected chi connectivity index (χ0v) is 24.3. The number of carboxylic acid groups (broad SMARTS) is 1. The summed E-state index contributed by atoms with van der Waals surface area (Å²) in [6.45, 7) is 0.442. The van der Waals surface area contributed by atoms with Crippen LogP contribution in [0.15, 0.2) is 95.9 Å². The van der Waals surface area contributed by atoms with Gasteiger partial charge >= 0.3 is 29.6 Å². The van der Waals surface area contributed by atoms with Gasteiger partial charge < -0.3 is 14.6 Å². The number of aromatic carboxylic acids is 1. The molecule has 1 aromatic heterocycles.